The molecule has 3 aromatic heterocycles. The fraction of sp³-hybridized carbons (Fsp3) is 0.545. The van der Waals surface area contributed by atoms with Crippen LogP contribution in [0.15, 0.2) is 36.4 Å². The highest BCUT2D eigenvalue weighted by Gasteiger charge is 2.38. The standard InChI is InChI=1S/C25H33FN2O3.C20H25FN2O.C19H22F2N2O2.C2HF3O2/c1-16-18-12-14-28(24(29)31-25(2,3)4)15-13-20(18)27-23-21(11-10-19(26)22(16)23)30-17-8-6-5-7-9-17;1-13-15-9-11-22-12-10-17(15)23-20-18(8-7-16(21)19(13)20)24-14-5-3-2-4-6-14;1-11-12-7-9-23(18(24)25-19(2,3)4)10-8-15(12)22-17-14(21)6-5-13(20)16(11)17;3-2(4,5)1(6)7/h10-11,17H,5-9,12-15H2,1-4H3;7-8,14,22H,2-6,9-12H2,1H3;5-6H,7-10H2,1-4H3;(H,6,7). The summed E-state index contributed by atoms with van der Waals surface area (Å²) in [5, 5.41) is 11.9. The predicted octanol–water partition coefficient (Wildman–Crippen LogP) is 14.6. The first-order chi connectivity index (χ1) is 41.1. The third kappa shape index (κ3) is 16.6. The summed E-state index contributed by atoms with van der Waals surface area (Å²) in [5.74, 6) is -2.80. The van der Waals surface area contributed by atoms with Crippen LogP contribution in [-0.2, 0) is 52.8 Å². The van der Waals surface area contributed by atoms with Crippen LogP contribution < -0.4 is 14.8 Å². The van der Waals surface area contributed by atoms with Crippen molar-refractivity contribution < 1.29 is 69.2 Å². The number of nitrogens with one attached hydrogen (secondary N) is 1. The van der Waals surface area contributed by atoms with Crippen LogP contribution in [0.2, 0.25) is 0 Å². The summed E-state index contributed by atoms with van der Waals surface area (Å²) in [6.07, 6.45) is 10.3. The van der Waals surface area contributed by atoms with Gasteiger partial charge in [0.25, 0.3) is 0 Å². The zero-order valence-electron chi connectivity index (χ0n) is 51.4. The molecule has 0 bridgehead atoms. The molecule has 472 valence electrons. The zero-order valence-corrected chi connectivity index (χ0v) is 51.4. The Morgan fingerprint density at radius 3 is 1.23 bits per heavy atom. The quantitative estimate of drug-likeness (QED) is 0.161. The van der Waals surface area contributed by atoms with E-state index in [-0.39, 0.29) is 46.9 Å². The number of carbonyl (C=O) groups is 3. The minimum absolute atomic E-state index is 0.0574. The van der Waals surface area contributed by atoms with Crippen LogP contribution in [0.3, 0.4) is 0 Å². The molecular formula is C66H81F7N6O8. The van der Waals surface area contributed by atoms with Gasteiger partial charge < -0.3 is 39.2 Å². The highest BCUT2D eigenvalue weighted by Crippen LogP contribution is 2.38. The maximum absolute atomic E-state index is 14.9. The first-order valence-electron chi connectivity index (χ1n) is 30.4. The van der Waals surface area contributed by atoms with Crippen LogP contribution in [0.4, 0.5) is 40.3 Å². The van der Waals surface area contributed by atoms with E-state index < -0.39 is 35.0 Å². The lowest BCUT2D eigenvalue weighted by Gasteiger charge is -2.26. The van der Waals surface area contributed by atoms with E-state index in [0.717, 1.165) is 109 Å². The fourth-order valence-corrected chi connectivity index (χ4v) is 12.0. The van der Waals surface area contributed by atoms with Crippen molar-refractivity contribution in [2.45, 2.75) is 195 Å². The number of ether oxygens (including phenoxy) is 4. The Morgan fingerprint density at radius 1 is 0.494 bits per heavy atom. The Morgan fingerprint density at radius 2 is 0.828 bits per heavy atom. The maximum atomic E-state index is 14.9. The van der Waals surface area contributed by atoms with Crippen molar-refractivity contribution in [1.82, 2.24) is 30.1 Å². The molecule has 2 aliphatic carbocycles. The van der Waals surface area contributed by atoms with Gasteiger partial charge in [0, 0.05) is 85.2 Å². The van der Waals surface area contributed by atoms with Crippen molar-refractivity contribution in [3.63, 3.8) is 0 Å². The minimum atomic E-state index is -5.08. The van der Waals surface area contributed by atoms with Gasteiger partial charge in [0.1, 0.15) is 62.5 Å². The van der Waals surface area contributed by atoms with Crippen molar-refractivity contribution in [3.05, 3.63) is 110 Å². The Balaban J connectivity index is 0.000000161. The zero-order chi connectivity index (χ0) is 63.1. The van der Waals surface area contributed by atoms with Gasteiger partial charge in [0.2, 0.25) is 0 Å². The maximum Gasteiger partial charge on any atom is 0.490 e. The monoisotopic (exact) mass is 1220 g/mol. The second-order valence-electron chi connectivity index (χ2n) is 25.0. The molecule has 0 saturated heterocycles. The molecule has 11 rings (SSSR count). The van der Waals surface area contributed by atoms with Gasteiger partial charge in [-0.3, -0.25) is 0 Å². The first kappa shape index (κ1) is 65.9. The Bertz CT molecular complexity index is 3480. The normalized spacial score (nSPS) is 16.9. The highest BCUT2D eigenvalue weighted by molar-refractivity contribution is 5.90. The number of carbonyl (C=O) groups excluding carboxylic acids is 2. The summed E-state index contributed by atoms with van der Waals surface area (Å²) >= 11 is 0. The van der Waals surface area contributed by atoms with E-state index in [2.05, 4.69) is 10.3 Å². The molecule has 5 aliphatic rings. The van der Waals surface area contributed by atoms with Gasteiger partial charge in [-0.25, -0.2) is 46.9 Å². The molecule has 0 unspecified atom stereocenters. The van der Waals surface area contributed by atoms with Crippen molar-refractivity contribution in [2.75, 3.05) is 39.3 Å². The second kappa shape index (κ2) is 28.0. The molecule has 3 aliphatic heterocycles. The molecule has 2 N–H and O–H groups in total. The van der Waals surface area contributed by atoms with Crippen molar-refractivity contribution in [2.24, 2.45) is 0 Å². The van der Waals surface area contributed by atoms with Gasteiger partial charge in [-0.15, -0.1) is 0 Å². The molecule has 0 atom stereocenters. The largest absolute Gasteiger partial charge is 0.490 e. The Hall–Kier alpha value is -7.03. The molecule has 2 saturated carbocycles. The van der Waals surface area contributed by atoms with E-state index in [1.54, 1.807) is 28.9 Å². The van der Waals surface area contributed by atoms with E-state index in [1.165, 1.54) is 56.2 Å². The lowest BCUT2D eigenvalue weighted by molar-refractivity contribution is -0.192. The number of carboxylic acids is 1. The molecule has 87 heavy (non-hydrogen) atoms. The van der Waals surface area contributed by atoms with Crippen LogP contribution in [-0.4, -0.2) is 117 Å². The molecule has 21 heteroatoms. The van der Waals surface area contributed by atoms with Gasteiger partial charge in [-0.2, -0.15) is 13.2 Å². The lowest BCUT2D eigenvalue weighted by Crippen LogP contribution is -2.38. The van der Waals surface area contributed by atoms with Crippen LogP contribution in [0.25, 0.3) is 32.7 Å². The summed E-state index contributed by atoms with van der Waals surface area (Å²) in [7, 11) is 0. The first-order valence-corrected chi connectivity index (χ1v) is 30.4. The number of aromatic nitrogens is 3. The number of amides is 2. The molecule has 0 radical (unpaired) electrons. The topological polar surface area (TPSA) is 166 Å². The number of aliphatic carboxylic acids is 1. The van der Waals surface area contributed by atoms with Gasteiger partial charge in [-0.1, -0.05) is 12.8 Å². The van der Waals surface area contributed by atoms with E-state index >= 15 is 0 Å². The molecule has 2 amide bonds. The van der Waals surface area contributed by atoms with Crippen molar-refractivity contribution >= 4 is 50.9 Å². The summed E-state index contributed by atoms with van der Waals surface area (Å²) in [4.78, 5) is 51.2. The number of aryl methyl sites for hydroxylation is 3. The molecule has 6 heterocycles. The Labute approximate surface area is 503 Å². The molecule has 0 spiro atoms. The summed E-state index contributed by atoms with van der Waals surface area (Å²) in [6.45, 7) is 20.7. The van der Waals surface area contributed by atoms with Crippen LogP contribution in [0.1, 0.15) is 156 Å². The van der Waals surface area contributed by atoms with E-state index in [1.807, 2.05) is 55.4 Å². The third-order valence-corrected chi connectivity index (χ3v) is 16.4. The number of hydrogen-bond acceptors (Lipinski definition) is 11. The van der Waals surface area contributed by atoms with Crippen LogP contribution in [0, 0.1) is 44.0 Å². The SMILES string of the molecule is Cc1c2c(nc3c(F)ccc(F)c13)CCN(C(=O)OC(C)(C)C)CC2.Cc1c2c(nc3c(OC4CCCCC4)ccc(F)c13)CCN(C(=O)OC(C)(C)C)CC2.Cc1c2c(nc3c(OC4CCCCC4)ccc(F)c13)CCNCC2.O=C(O)C(F)(F)F. The number of benzene rings is 3. The summed E-state index contributed by atoms with van der Waals surface area (Å²) in [6, 6.07) is 8.74. The Kier molecular flexibility index (Phi) is 21.2. The summed E-state index contributed by atoms with van der Waals surface area (Å²) in [5.41, 5.74) is 8.79. The number of pyridine rings is 3. The van der Waals surface area contributed by atoms with Crippen molar-refractivity contribution in [1.29, 1.82) is 0 Å². The average Bonchev–Trinajstić information content (AvgIpc) is 1.71. The van der Waals surface area contributed by atoms with E-state index in [4.69, 9.17) is 38.8 Å². The molecular weight excluding hydrogens is 1140 g/mol. The number of fused-ring (bicyclic) bond motifs is 6. The average molecular weight is 1220 g/mol. The number of nitrogens with zero attached hydrogens (tertiary/aromatic N) is 5. The van der Waals surface area contributed by atoms with Crippen molar-refractivity contribution in [3.8, 4) is 11.5 Å². The molecule has 3 aromatic carbocycles. The number of carboxylic acid groups (broad SMARTS) is 1. The van der Waals surface area contributed by atoms with E-state index in [9.17, 15) is 40.3 Å². The third-order valence-electron chi connectivity index (χ3n) is 16.4. The predicted molar refractivity (Wildman–Crippen MR) is 319 cm³/mol. The van der Waals surface area contributed by atoms with Gasteiger partial charge in [0.15, 0.2) is 0 Å². The number of rotatable bonds is 4. The smallest absolute Gasteiger partial charge is 0.488 e. The fourth-order valence-electron chi connectivity index (χ4n) is 12.0. The molecule has 2 fully saturated rings. The minimum Gasteiger partial charge on any atom is -0.488 e. The van der Waals surface area contributed by atoms with Gasteiger partial charge in [0.05, 0.1) is 12.2 Å². The second-order valence-corrected chi connectivity index (χ2v) is 25.0. The summed E-state index contributed by atoms with van der Waals surface area (Å²) < 4.78 is 113. The molecule has 14 nitrogen and oxygen atoms in total. The highest BCUT2D eigenvalue weighted by atomic mass is 19.4. The van der Waals surface area contributed by atoms with Gasteiger partial charge >= 0.3 is 24.3 Å². The van der Waals surface area contributed by atoms with Crippen LogP contribution >= 0.6 is 0 Å². The number of alkyl halides is 3. The van der Waals surface area contributed by atoms with E-state index in [0.29, 0.717) is 85.0 Å². The van der Waals surface area contributed by atoms with Gasteiger partial charge in [-0.05, 0) is 209 Å². The molecule has 6 aromatic rings. The number of hydrogen-bond donors (Lipinski definition) is 2. The van der Waals surface area contributed by atoms with Crippen LogP contribution in [0.5, 0.6) is 11.5 Å². The lowest BCUT2D eigenvalue weighted by atomic mass is 9.97. The number of halogens is 7.